The van der Waals surface area contributed by atoms with Crippen molar-refractivity contribution in [2.75, 3.05) is 39.3 Å². The first-order valence-corrected chi connectivity index (χ1v) is 8.21. The second-order valence-corrected chi connectivity index (χ2v) is 8.29. The van der Waals surface area contributed by atoms with Gasteiger partial charge in [0.1, 0.15) is 6.61 Å². The van der Waals surface area contributed by atoms with Crippen molar-refractivity contribution in [2.24, 2.45) is 5.41 Å². The van der Waals surface area contributed by atoms with E-state index in [0.29, 0.717) is 5.41 Å². The number of hydrogen-bond donors (Lipinski definition) is 0. The quantitative estimate of drug-likeness (QED) is 0.782. The second-order valence-electron chi connectivity index (χ2n) is 8.29. The zero-order valence-corrected chi connectivity index (χ0v) is 14.9. The van der Waals surface area contributed by atoms with Gasteiger partial charge in [-0.15, -0.1) is 0 Å². The molecule has 0 spiro atoms. The minimum Gasteiger partial charge on any atom is -0.366 e. The molecule has 0 atom stereocenters. The Hall–Kier alpha value is -0.610. The van der Waals surface area contributed by atoms with Crippen molar-refractivity contribution in [1.82, 2.24) is 9.80 Å². The van der Waals surface area contributed by atoms with E-state index in [9.17, 15) is 4.79 Å². The summed E-state index contributed by atoms with van der Waals surface area (Å²) in [4.78, 5) is 16.5. The Balaban J connectivity index is 2.21. The highest BCUT2D eigenvalue weighted by atomic mass is 16.5. The zero-order chi connectivity index (χ0) is 16.1. The first-order valence-electron chi connectivity index (χ1n) is 8.21. The first-order chi connectivity index (χ1) is 9.57. The summed E-state index contributed by atoms with van der Waals surface area (Å²) in [5.41, 5.74) is 0.173. The number of rotatable bonds is 5. The fourth-order valence-electron chi connectivity index (χ4n) is 2.42. The van der Waals surface area contributed by atoms with Gasteiger partial charge in [0.15, 0.2) is 0 Å². The average Bonchev–Trinajstić information content (AvgIpc) is 2.34. The Labute approximate surface area is 130 Å². The molecule has 1 aliphatic heterocycles. The van der Waals surface area contributed by atoms with Crippen LogP contribution in [0.1, 0.15) is 54.4 Å². The molecule has 0 aliphatic carbocycles. The average molecular weight is 298 g/mol. The number of carbonyl (C=O) groups excluding carboxylic acids is 1. The lowest BCUT2D eigenvalue weighted by Crippen LogP contribution is -2.50. The molecule has 21 heavy (non-hydrogen) atoms. The van der Waals surface area contributed by atoms with E-state index in [4.69, 9.17) is 4.74 Å². The Bertz CT molecular complexity index is 321. The molecule has 4 nitrogen and oxygen atoms in total. The third kappa shape index (κ3) is 8.42. The standard InChI is InChI=1S/C17H34N2O2/c1-16(2,3)8-7-9-18-10-12-19(13-11-18)15(20)14-21-17(4,5)6/h7-14H2,1-6H3. The van der Waals surface area contributed by atoms with Crippen molar-refractivity contribution in [3.05, 3.63) is 0 Å². The lowest BCUT2D eigenvalue weighted by molar-refractivity contribution is -0.142. The molecule has 0 aromatic heterocycles. The molecule has 0 saturated carbocycles. The molecule has 0 bridgehead atoms. The van der Waals surface area contributed by atoms with Crippen LogP contribution in [-0.2, 0) is 9.53 Å². The summed E-state index contributed by atoms with van der Waals surface area (Å²) in [5, 5.41) is 0. The van der Waals surface area contributed by atoms with Crippen LogP contribution in [0.15, 0.2) is 0 Å². The molecule has 124 valence electrons. The van der Waals surface area contributed by atoms with Gasteiger partial charge in [0.05, 0.1) is 5.60 Å². The summed E-state index contributed by atoms with van der Waals surface area (Å²) in [6, 6.07) is 0. The maximum absolute atomic E-state index is 12.1. The van der Waals surface area contributed by atoms with Crippen LogP contribution in [0.25, 0.3) is 0 Å². The molecular formula is C17H34N2O2. The number of piperazine rings is 1. The van der Waals surface area contributed by atoms with Crippen LogP contribution in [0.5, 0.6) is 0 Å². The van der Waals surface area contributed by atoms with Gasteiger partial charge in [-0.25, -0.2) is 0 Å². The molecular weight excluding hydrogens is 264 g/mol. The number of amides is 1. The summed E-state index contributed by atoms with van der Waals surface area (Å²) in [7, 11) is 0. The zero-order valence-electron chi connectivity index (χ0n) is 14.9. The van der Waals surface area contributed by atoms with E-state index >= 15 is 0 Å². The van der Waals surface area contributed by atoms with Gasteiger partial charge in [-0.2, -0.15) is 0 Å². The molecule has 1 amide bonds. The van der Waals surface area contributed by atoms with Crippen LogP contribution in [0.4, 0.5) is 0 Å². The van der Waals surface area contributed by atoms with Gasteiger partial charge in [-0.05, 0) is 45.6 Å². The van der Waals surface area contributed by atoms with Gasteiger partial charge in [-0.1, -0.05) is 20.8 Å². The van der Waals surface area contributed by atoms with Crippen molar-refractivity contribution in [2.45, 2.75) is 60.0 Å². The molecule has 0 unspecified atom stereocenters. The molecule has 1 heterocycles. The fraction of sp³-hybridized carbons (Fsp3) is 0.941. The van der Waals surface area contributed by atoms with Gasteiger partial charge in [0.2, 0.25) is 5.91 Å². The number of ether oxygens (including phenoxy) is 1. The minimum atomic E-state index is -0.246. The van der Waals surface area contributed by atoms with Crippen molar-refractivity contribution in [3.8, 4) is 0 Å². The summed E-state index contributed by atoms with van der Waals surface area (Å²) in [6.45, 7) is 17.8. The molecule has 0 N–H and O–H groups in total. The van der Waals surface area contributed by atoms with Crippen LogP contribution in [-0.4, -0.2) is 60.6 Å². The van der Waals surface area contributed by atoms with Gasteiger partial charge >= 0.3 is 0 Å². The highest BCUT2D eigenvalue weighted by Crippen LogP contribution is 2.20. The van der Waals surface area contributed by atoms with E-state index < -0.39 is 0 Å². The van der Waals surface area contributed by atoms with E-state index in [1.165, 1.54) is 12.8 Å². The first kappa shape index (κ1) is 18.4. The smallest absolute Gasteiger partial charge is 0.248 e. The van der Waals surface area contributed by atoms with Gasteiger partial charge < -0.3 is 9.64 Å². The summed E-state index contributed by atoms with van der Waals surface area (Å²) < 4.78 is 5.57. The van der Waals surface area contributed by atoms with Crippen molar-refractivity contribution in [1.29, 1.82) is 0 Å². The Morgan fingerprint density at radius 3 is 2.05 bits per heavy atom. The Morgan fingerprint density at radius 2 is 1.57 bits per heavy atom. The minimum absolute atomic E-state index is 0.124. The maximum atomic E-state index is 12.1. The number of nitrogens with zero attached hydrogens (tertiary/aromatic N) is 2. The molecule has 1 saturated heterocycles. The largest absolute Gasteiger partial charge is 0.366 e. The van der Waals surface area contributed by atoms with E-state index in [1.807, 2.05) is 25.7 Å². The maximum Gasteiger partial charge on any atom is 0.248 e. The van der Waals surface area contributed by atoms with Gasteiger partial charge in [0.25, 0.3) is 0 Å². The Kier molecular flexibility index (Phi) is 6.67. The van der Waals surface area contributed by atoms with E-state index in [-0.39, 0.29) is 18.1 Å². The lowest BCUT2D eigenvalue weighted by Gasteiger charge is -2.35. The third-order valence-corrected chi connectivity index (χ3v) is 3.75. The molecule has 0 radical (unpaired) electrons. The summed E-state index contributed by atoms with van der Waals surface area (Å²) >= 11 is 0. The second kappa shape index (κ2) is 7.59. The fourth-order valence-corrected chi connectivity index (χ4v) is 2.42. The predicted octanol–water partition coefficient (Wildman–Crippen LogP) is 2.77. The van der Waals surface area contributed by atoms with Gasteiger partial charge in [0, 0.05) is 26.2 Å². The highest BCUT2D eigenvalue weighted by molar-refractivity contribution is 5.77. The van der Waals surface area contributed by atoms with Gasteiger partial charge in [-0.3, -0.25) is 9.69 Å². The van der Waals surface area contributed by atoms with Crippen molar-refractivity contribution in [3.63, 3.8) is 0 Å². The summed E-state index contributed by atoms with van der Waals surface area (Å²) in [5.74, 6) is 0.124. The van der Waals surface area contributed by atoms with Crippen LogP contribution < -0.4 is 0 Å². The van der Waals surface area contributed by atoms with Crippen LogP contribution in [0, 0.1) is 5.41 Å². The molecule has 1 fully saturated rings. The van der Waals surface area contributed by atoms with Crippen LogP contribution >= 0.6 is 0 Å². The van der Waals surface area contributed by atoms with E-state index in [1.54, 1.807) is 0 Å². The predicted molar refractivity (Wildman–Crippen MR) is 87.4 cm³/mol. The SMILES string of the molecule is CC(C)(C)CCCN1CCN(C(=O)COC(C)(C)C)CC1. The third-order valence-electron chi connectivity index (χ3n) is 3.75. The number of hydrogen-bond acceptors (Lipinski definition) is 3. The number of carbonyl (C=O) groups is 1. The van der Waals surface area contributed by atoms with Crippen LogP contribution in [0.2, 0.25) is 0 Å². The molecule has 1 rings (SSSR count). The lowest BCUT2D eigenvalue weighted by atomic mass is 9.90. The molecule has 0 aromatic rings. The van der Waals surface area contributed by atoms with Crippen molar-refractivity contribution >= 4 is 5.91 Å². The normalized spacial score (nSPS) is 18.1. The monoisotopic (exact) mass is 298 g/mol. The summed E-state index contributed by atoms with van der Waals surface area (Å²) in [6.07, 6.45) is 2.50. The van der Waals surface area contributed by atoms with Crippen molar-refractivity contribution < 1.29 is 9.53 Å². The van der Waals surface area contributed by atoms with E-state index in [2.05, 4.69) is 25.7 Å². The molecule has 1 aliphatic rings. The molecule has 0 aromatic carbocycles. The van der Waals surface area contributed by atoms with E-state index in [0.717, 1.165) is 32.7 Å². The molecule has 4 heteroatoms. The topological polar surface area (TPSA) is 32.8 Å². The van der Waals surface area contributed by atoms with Crippen LogP contribution in [0.3, 0.4) is 0 Å². The highest BCUT2D eigenvalue weighted by Gasteiger charge is 2.22. The Morgan fingerprint density at radius 1 is 1.00 bits per heavy atom.